The molecule has 3 aromatic carbocycles. The lowest BCUT2D eigenvalue weighted by Crippen LogP contribution is -2.12. The van der Waals surface area contributed by atoms with Crippen molar-refractivity contribution in [1.82, 2.24) is 0 Å². The maximum absolute atomic E-state index is 12.6. The van der Waals surface area contributed by atoms with Crippen LogP contribution in [0.15, 0.2) is 83.8 Å². The molecule has 0 bridgehead atoms. The van der Waals surface area contributed by atoms with Crippen molar-refractivity contribution in [1.29, 1.82) is 0 Å². The lowest BCUT2D eigenvalue weighted by Gasteiger charge is -2.17. The zero-order valence-electron chi connectivity index (χ0n) is 15.3. The van der Waals surface area contributed by atoms with E-state index in [0.717, 1.165) is 11.1 Å². The molecular formula is C22H22O4S. The molecule has 3 aromatic rings. The summed E-state index contributed by atoms with van der Waals surface area (Å²) in [5, 5.41) is 0. The van der Waals surface area contributed by atoms with Gasteiger partial charge in [0.25, 0.3) is 0 Å². The largest absolute Gasteiger partial charge is 0.379 e. The first-order valence-electron chi connectivity index (χ1n) is 8.71. The smallest absolute Gasteiger partial charge is 0.339 e. The number of aryl methyl sites for hydroxylation is 1. The van der Waals surface area contributed by atoms with Crippen molar-refractivity contribution < 1.29 is 17.3 Å². The third-order valence-electron chi connectivity index (χ3n) is 4.21. The molecule has 5 heteroatoms. The van der Waals surface area contributed by atoms with Gasteiger partial charge in [0.2, 0.25) is 0 Å². The summed E-state index contributed by atoms with van der Waals surface area (Å²) >= 11 is 0. The molecule has 1 atom stereocenters. The van der Waals surface area contributed by atoms with Crippen LogP contribution in [0.3, 0.4) is 0 Å². The monoisotopic (exact) mass is 382 g/mol. The lowest BCUT2D eigenvalue weighted by atomic mass is 10.1. The molecule has 27 heavy (non-hydrogen) atoms. The van der Waals surface area contributed by atoms with E-state index < -0.39 is 10.1 Å². The van der Waals surface area contributed by atoms with Gasteiger partial charge in [-0.2, -0.15) is 8.42 Å². The first-order valence-corrected chi connectivity index (χ1v) is 10.1. The second kappa shape index (κ2) is 8.37. The highest BCUT2D eigenvalue weighted by Gasteiger charge is 2.20. The van der Waals surface area contributed by atoms with Gasteiger partial charge in [-0.1, -0.05) is 66.2 Å². The van der Waals surface area contributed by atoms with E-state index in [0.29, 0.717) is 12.2 Å². The van der Waals surface area contributed by atoms with Crippen molar-refractivity contribution in [2.75, 3.05) is 0 Å². The second-order valence-electron chi connectivity index (χ2n) is 6.33. The molecule has 0 amide bonds. The Hall–Kier alpha value is -2.63. The fourth-order valence-corrected chi connectivity index (χ4v) is 3.60. The molecule has 0 saturated carbocycles. The average Bonchev–Trinajstić information content (AvgIpc) is 2.67. The Morgan fingerprint density at radius 1 is 0.852 bits per heavy atom. The van der Waals surface area contributed by atoms with Crippen LogP contribution in [0.25, 0.3) is 0 Å². The molecule has 4 nitrogen and oxygen atoms in total. The summed E-state index contributed by atoms with van der Waals surface area (Å²) in [4.78, 5) is 0.126. The maximum atomic E-state index is 12.6. The van der Waals surface area contributed by atoms with E-state index in [1.54, 1.807) is 36.4 Å². The van der Waals surface area contributed by atoms with Crippen LogP contribution >= 0.6 is 0 Å². The Labute approximate surface area is 160 Å². The Morgan fingerprint density at radius 3 is 2.19 bits per heavy atom. The van der Waals surface area contributed by atoms with Gasteiger partial charge >= 0.3 is 10.1 Å². The molecule has 0 radical (unpaired) electrons. The zero-order chi connectivity index (χ0) is 19.3. The van der Waals surface area contributed by atoms with Crippen LogP contribution in [0.1, 0.15) is 29.7 Å². The Morgan fingerprint density at radius 2 is 1.48 bits per heavy atom. The highest BCUT2D eigenvalue weighted by atomic mass is 32.2. The van der Waals surface area contributed by atoms with Crippen molar-refractivity contribution in [3.8, 4) is 5.75 Å². The minimum Gasteiger partial charge on any atom is -0.379 e. The van der Waals surface area contributed by atoms with Crippen molar-refractivity contribution in [2.45, 2.75) is 31.5 Å². The summed E-state index contributed by atoms with van der Waals surface area (Å²) in [7, 11) is -3.91. The van der Waals surface area contributed by atoms with E-state index in [4.69, 9.17) is 8.92 Å². The van der Waals surface area contributed by atoms with Gasteiger partial charge in [-0.05, 0) is 37.6 Å². The van der Waals surface area contributed by atoms with Crippen LogP contribution in [0.4, 0.5) is 0 Å². The summed E-state index contributed by atoms with van der Waals surface area (Å²) < 4.78 is 36.5. The second-order valence-corrected chi connectivity index (χ2v) is 7.87. The van der Waals surface area contributed by atoms with Crippen LogP contribution in [0.5, 0.6) is 5.75 Å². The van der Waals surface area contributed by atoms with E-state index in [2.05, 4.69) is 0 Å². The third kappa shape index (κ3) is 4.96. The summed E-state index contributed by atoms with van der Waals surface area (Å²) in [5.74, 6) is 0.277. The average molecular weight is 382 g/mol. The predicted molar refractivity (Wildman–Crippen MR) is 105 cm³/mol. The Kier molecular flexibility index (Phi) is 5.94. The Balaban J connectivity index is 1.78. The number of rotatable bonds is 7. The first kappa shape index (κ1) is 19.1. The summed E-state index contributed by atoms with van der Waals surface area (Å²) in [6.07, 6.45) is -0.324. The van der Waals surface area contributed by atoms with E-state index in [-0.39, 0.29) is 16.7 Å². The highest BCUT2D eigenvalue weighted by molar-refractivity contribution is 7.87. The van der Waals surface area contributed by atoms with Crippen LogP contribution in [0.2, 0.25) is 0 Å². The number of hydrogen-bond acceptors (Lipinski definition) is 4. The molecule has 0 aliphatic carbocycles. The summed E-state index contributed by atoms with van der Waals surface area (Å²) in [5.41, 5.74) is 2.72. The van der Waals surface area contributed by atoms with Crippen molar-refractivity contribution in [2.24, 2.45) is 0 Å². The predicted octanol–water partition coefficient (Wildman–Crippen LogP) is 5.04. The van der Waals surface area contributed by atoms with Crippen LogP contribution in [-0.2, 0) is 21.5 Å². The molecular weight excluding hydrogens is 360 g/mol. The number of hydrogen-bond donors (Lipinski definition) is 0. The molecule has 0 fully saturated rings. The normalized spacial score (nSPS) is 12.5. The van der Waals surface area contributed by atoms with Crippen molar-refractivity contribution in [3.05, 3.63) is 95.6 Å². The number of para-hydroxylation sites is 1. The molecule has 1 unspecified atom stereocenters. The van der Waals surface area contributed by atoms with Gasteiger partial charge in [0.05, 0.1) is 12.7 Å². The fraction of sp³-hybridized carbons (Fsp3) is 0.182. The SMILES string of the molecule is Cc1ccc(S(=O)(=O)Oc2ccccc2C(C)OCc2ccccc2)cc1. The highest BCUT2D eigenvalue weighted by Crippen LogP contribution is 2.30. The topological polar surface area (TPSA) is 52.6 Å². The minimum absolute atomic E-state index is 0.126. The summed E-state index contributed by atoms with van der Waals surface area (Å²) in [6.45, 7) is 4.21. The van der Waals surface area contributed by atoms with E-state index in [1.807, 2.05) is 56.3 Å². The number of ether oxygens (including phenoxy) is 1. The Bertz CT molecular complexity index is 980. The fourth-order valence-electron chi connectivity index (χ4n) is 2.65. The van der Waals surface area contributed by atoms with Gasteiger partial charge in [-0.3, -0.25) is 0 Å². The molecule has 0 heterocycles. The molecule has 3 rings (SSSR count). The van der Waals surface area contributed by atoms with Gasteiger partial charge in [0.1, 0.15) is 10.6 Å². The molecule has 0 aromatic heterocycles. The van der Waals surface area contributed by atoms with Gasteiger partial charge in [-0.15, -0.1) is 0 Å². The van der Waals surface area contributed by atoms with Gasteiger partial charge in [-0.25, -0.2) is 0 Å². The third-order valence-corrected chi connectivity index (χ3v) is 5.46. The van der Waals surface area contributed by atoms with Gasteiger partial charge in [0, 0.05) is 5.56 Å². The first-order chi connectivity index (χ1) is 13.0. The van der Waals surface area contributed by atoms with Crippen molar-refractivity contribution >= 4 is 10.1 Å². The standard InChI is InChI=1S/C22H22O4S/c1-17-12-14-20(15-13-17)27(23,24)26-22-11-7-6-10-21(22)18(2)25-16-19-8-4-3-5-9-19/h3-15,18H,16H2,1-2H3. The lowest BCUT2D eigenvalue weighted by molar-refractivity contribution is 0.0516. The molecule has 140 valence electrons. The van der Waals surface area contributed by atoms with Gasteiger partial charge < -0.3 is 8.92 Å². The van der Waals surface area contributed by atoms with E-state index in [1.165, 1.54) is 0 Å². The maximum Gasteiger partial charge on any atom is 0.339 e. The quantitative estimate of drug-likeness (QED) is 0.537. The van der Waals surface area contributed by atoms with Gasteiger partial charge in [0.15, 0.2) is 0 Å². The van der Waals surface area contributed by atoms with Crippen LogP contribution < -0.4 is 4.18 Å². The summed E-state index contributed by atoms with van der Waals surface area (Å²) in [6, 6.07) is 23.4. The minimum atomic E-state index is -3.91. The van der Waals surface area contributed by atoms with Crippen LogP contribution in [-0.4, -0.2) is 8.42 Å². The zero-order valence-corrected chi connectivity index (χ0v) is 16.1. The van der Waals surface area contributed by atoms with Crippen molar-refractivity contribution in [3.63, 3.8) is 0 Å². The molecule has 0 spiro atoms. The molecule has 0 aliphatic heterocycles. The van der Waals surface area contributed by atoms with Crippen LogP contribution in [0, 0.1) is 6.92 Å². The molecule has 0 aliphatic rings. The molecule has 0 saturated heterocycles. The van der Waals surface area contributed by atoms with E-state index in [9.17, 15) is 8.42 Å². The van der Waals surface area contributed by atoms with E-state index >= 15 is 0 Å². The molecule has 0 N–H and O–H groups in total. The number of benzene rings is 3.